The van der Waals surface area contributed by atoms with Crippen molar-refractivity contribution in [3.63, 3.8) is 0 Å². The Labute approximate surface area is 345 Å². The zero-order valence-corrected chi connectivity index (χ0v) is 29.0. The minimum absolute atomic E-state index is 0.111. The van der Waals surface area contributed by atoms with Crippen molar-refractivity contribution < 1.29 is 26.3 Å². The van der Waals surface area contributed by atoms with Gasteiger partial charge in [-0.3, -0.25) is 0 Å². The van der Waals surface area contributed by atoms with Crippen LogP contribution in [0.3, 0.4) is 0 Å². The first kappa shape index (κ1) is 19.6. The highest BCUT2D eigenvalue weighted by molar-refractivity contribution is 6.24. The van der Waals surface area contributed by atoms with E-state index in [2.05, 4.69) is 5.32 Å². The fraction of sp³-hybridized carbons (Fsp3) is 0. The Morgan fingerprint density at radius 1 is 0.518 bits per heavy atom. The van der Waals surface area contributed by atoms with Crippen molar-refractivity contribution in [1.29, 1.82) is 0 Å². The number of fused-ring (bicyclic) bond motifs is 6. The summed E-state index contributed by atoms with van der Waals surface area (Å²) >= 11 is 0. The van der Waals surface area contributed by atoms with Crippen LogP contribution < -0.4 is 9.98 Å². The molecule has 0 spiro atoms. The summed E-state index contributed by atoms with van der Waals surface area (Å²) in [5.74, 6) is 1.07. The molecule has 0 saturated carbocycles. The molecule has 3 heterocycles. The van der Waals surface area contributed by atoms with Crippen LogP contribution in [-0.2, 0) is 0 Å². The Bertz CT molecular complexity index is 4140. The molecule has 11 rings (SSSR count). The molecule has 0 bridgehead atoms. The summed E-state index contributed by atoms with van der Waals surface area (Å²) in [6.45, 7) is 0. The molecule has 0 unspecified atom stereocenters. The quantitative estimate of drug-likeness (QED) is 0.173. The van der Waals surface area contributed by atoms with Crippen LogP contribution in [0.25, 0.3) is 71.7 Å². The van der Waals surface area contributed by atoms with Gasteiger partial charge in [-0.25, -0.2) is 9.98 Å². The lowest BCUT2D eigenvalue weighted by molar-refractivity contribution is 0.669. The largest absolute Gasteiger partial charge is 0.456 e. The highest BCUT2D eigenvalue weighted by Gasteiger charge is 2.27. The van der Waals surface area contributed by atoms with Gasteiger partial charge in [-0.1, -0.05) is 132 Å². The summed E-state index contributed by atoms with van der Waals surface area (Å²) in [5, 5.41) is 4.69. The Morgan fingerprint density at radius 2 is 1.25 bits per heavy atom. The number of para-hydroxylation sites is 3. The minimum atomic E-state index is -0.845. The van der Waals surface area contributed by atoms with E-state index in [1.165, 1.54) is 0 Å². The average molecular weight is 734 g/mol. The van der Waals surface area contributed by atoms with Crippen LogP contribution in [0.15, 0.2) is 203 Å². The molecule has 5 nitrogen and oxygen atoms in total. The molecule has 8 aromatic carbocycles. The monoisotopic (exact) mass is 733 g/mol. The van der Waals surface area contributed by atoms with E-state index in [1.807, 2.05) is 72.8 Å². The standard InChI is InChI=1S/C51H32N4O/c1-3-13-33(14-4-1)34-25-28-39(29-26-34)55-45-23-9-7-19-41(45)44-22-12-21-40(48(44)55)36-17-11-18-37(31-36)50-52-49(35-15-5-2-6-16-35)53-51(54-50)38-27-30-43-42-20-8-10-24-46(42)56-47(43)32-38/h1-32H/p+1/i1D,3D,4D,7D,9D,12D,13D,14D,19D,21D,22D,23D,25D,26D,28D,29D. The van der Waals surface area contributed by atoms with Gasteiger partial charge in [0.15, 0.2) is 0 Å². The van der Waals surface area contributed by atoms with Gasteiger partial charge >= 0.3 is 11.7 Å². The summed E-state index contributed by atoms with van der Waals surface area (Å²) < 4.78 is 155. The number of benzene rings is 8. The molecule has 1 aliphatic rings. The maximum atomic E-state index is 9.51. The van der Waals surface area contributed by atoms with E-state index in [9.17, 15) is 9.60 Å². The van der Waals surface area contributed by atoms with Crippen LogP contribution in [0, 0.1) is 0 Å². The van der Waals surface area contributed by atoms with Crippen molar-refractivity contribution in [2.75, 3.05) is 0 Å². The number of amidine groups is 3. The molecular formula is C51H33N4O+. The number of furan rings is 1. The van der Waals surface area contributed by atoms with E-state index in [0.29, 0.717) is 39.8 Å². The highest BCUT2D eigenvalue weighted by Crippen LogP contribution is 2.39. The van der Waals surface area contributed by atoms with Crippen molar-refractivity contribution in [3.8, 4) is 27.9 Å². The second kappa shape index (κ2) is 13.0. The second-order valence-corrected chi connectivity index (χ2v) is 12.9. The first-order chi connectivity index (χ1) is 34.4. The van der Waals surface area contributed by atoms with Crippen LogP contribution in [0.5, 0.6) is 0 Å². The van der Waals surface area contributed by atoms with Gasteiger partial charge in [0.1, 0.15) is 11.2 Å². The molecular weight excluding hydrogens is 685 g/mol. The van der Waals surface area contributed by atoms with Gasteiger partial charge in [-0.2, -0.15) is 0 Å². The lowest BCUT2D eigenvalue weighted by Gasteiger charge is -2.13. The molecule has 0 fully saturated rings. The maximum Gasteiger partial charge on any atom is 0.360 e. The average Bonchev–Trinajstić information content (AvgIpc) is 3.94. The van der Waals surface area contributed by atoms with Crippen molar-refractivity contribution in [2.24, 2.45) is 4.99 Å². The summed E-state index contributed by atoms with van der Waals surface area (Å²) in [6, 6.07) is 17.6. The molecule has 10 aromatic rings. The molecule has 0 atom stereocenters. The molecule has 0 radical (unpaired) electrons. The SMILES string of the molecule is [2H]c1c([2H])c([2H])c(-c2c([2H])c([2H])c(-n3c4c([2H])c([2H])c([2H])c([2H])c4c4c([2H])c([2H])c([2H])c(-c5cccc(C6=NC(c7ccccc7)=[N+]=C(c7ccc8c(c7)oc7ccccc78)N6)c5)c43)c([2H])c2[2H])c([2H])c1[2H]. The Morgan fingerprint density at radius 3 is 2.14 bits per heavy atom. The van der Waals surface area contributed by atoms with Crippen molar-refractivity contribution in [3.05, 3.63) is 210 Å². The van der Waals surface area contributed by atoms with Gasteiger partial charge in [0.2, 0.25) is 0 Å². The van der Waals surface area contributed by atoms with Crippen LogP contribution in [0.4, 0.5) is 0 Å². The van der Waals surface area contributed by atoms with E-state index >= 15 is 0 Å². The lowest BCUT2D eigenvalue weighted by Crippen LogP contribution is -2.38. The maximum absolute atomic E-state index is 9.51. The van der Waals surface area contributed by atoms with E-state index < -0.39 is 113 Å². The zero-order chi connectivity index (χ0) is 50.9. The summed E-state index contributed by atoms with van der Waals surface area (Å²) in [7, 11) is 0. The summed E-state index contributed by atoms with van der Waals surface area (Å²) in [5.41, 5.74) is 0.832. The van der Waals surface area contributed by atoms with Crippen molar-refractivity contribution in [2.45, 2.75) is 0 Å². The number of aliphatic imine (C=N–C) groups is 1. The topological polar surface area (TPSA) is 56.6 Å². The number of nitrogens with zero attached hydrogens (tertiary/aromatic N) is 3. The molecule has 0 aliphatic carbocycles. The molecule has 2 aromatic heterocycles. The fourth-order valence-electron chi connectivity index (χ4n) is 7.01. The first-order valence-corrected chi connectivity index (χ1v) is 17.5. The van der Waals surface area contributed by atoms with E-state index in [4.69, 9.17) is 26.4 Å². The Kier molecular flexibility index (Phi) is 4.54. The number of aromatic nitrogens is 1. The second-order valence-electron chi connectivity index (χ2n) is 12.9. The number of hydrogen-bond donors (Lipinski definition) is 1. The summed E-state index contributed by atoms with van der Waals surface area (Å²) in [6.07, 6.45) is 0. The number of hydrogen-bond acceptors (Lipinski definition) is 3. The third-order valence-corrected chi connectivity index (χ3v) is 9.58. The molecule has 262 valence electrons. The molecule has 1 N–H and O–H groups in total. The molecule has 0 saturated heterocycles. The third-order valence-electron chi connectivity index (χ3n) is 9.58. The third kappa shape index (κ3) is 5.34. The molecule has 1 aliphatic heterocycles. The highest BCUT2D eigenvalue weighted by atomic mass is 16.3. The predicted octanol–water partition coefficient (Wildman–Crippen LogP) is 11.3. The van der Waals surface area contributed by atoms with Gasteiger partial charge in [0.05, 0.1) is 49.7 Å². The Hall–Kier alpha value is -7.72. The fourth-order valence-corrected chi connectivity index (χ4v) is 7.01. The zero-order valence-electron chi connectivity index (χ0n) is 45.0. The lowest BCUT2D eigenvalue weighted by atomic mass is 9.99. The van der Waals surface area contributed by atoms with Crippen LogP contribution in [-0.4, -0.2) is 22.1 Å². The van der Waals surface area contributed by atoms with Crippen LogP contribution in [0.1, 0.15) is 38.6 Å². The number of rotatable bonds is 6. The van der Waals surface area contributed by atoms with Gasteiger partial charge in [0.25, 0.3) is 5.84 Å². The van der Waals surface area contributed by atoms with Crippen LogP contribution in [0.2, 0.25) is 0 Å². The van der Waals surface area contributed by atoms with E-state index in [0.717, 1.165) is 20.9 Å². The Balaban J connectivity index is 1.17. The minimum Gasteiger partial charge on any atom is -0.456 e. The van der Waals surface area contributed by atoms with Crippen molar-refractivity contribution in [1.82, 2.24) is 14.6 Å². The normalized spacial score (nSPS) is 16.8. The van der Waals surface area contributed by atoms with Gasteiger partial charge in [0, 0.05) is 32.8 Å². The predicted molar refractivity (Wildman–Crippen MR) is 232 cm³/mol. The smallest absolute Gasteiger partial charge is 0.360 e. The van der Waals surface area contributed by atoms with Gasteiger partial charge in [-0.15, -0.1) is 0 Å². The first-order valence-electron chi connectivity index (χ1n) is 25.5. The number of nitrogens with one attached hydrogen (secondary N) is 1. The van der Waals surface area contributed by atoms with Crippen molar-refractivity contribution >= 4 is 61.3 Å². The van der Waals surface area contributed by atoms with Gasteiger partial charge in [-0.05, 0) is 83.3 Å². The van der Waals surface area contributed by atoms with E-state index in [-0.39, 0.29) is 32.9 Å². The van der Waals surface area contributed by atoms with Crippen LogP contribution >= 0.6 is 0 Å². The summed E-state index contributed by atoms with van der Waals surface area (Å²) in [4.78, 5) is 4.94. The molecule has 56 heavy (non-hydrogen) atoms. The molecule has 5 heteroatoms. The van der Waals surface area contributed by atoms with E-state index in [1.54, 1.807) is 24.3 Å². The van der Waals surface area contributed by atoms with Gasteiger partial charge < -0.3 is 8.98 Å². The molecule has 0 amide bonds.